The summed E-state index contributed by atoms with van der Waals surface area (Å²) in [6.07, 6.45) is 5.23. The summed E-state index contributed by atoms with van der Waals surface area (Å²) in [5.74, 6) is 0.205. The van der Waals surface area contributed by atoms with Crippen LogP contribution in [-0.2, 0) is 10.8 Å². The first-order valence-electron chi connectivity index (χ1n) is 14.0. The minimum atomic E-state index is -0.536. The molecule has 0 heterocycles. The molecule has 4 N–H and O–H groups in total. The number of rotatable bonds is 4. The lowest BCUT2D eigenvalue weighted by atomic mass is 9.54. The molecule has 1 unspecified atom stereocenters. The van der Waals surface area contributed by atoms with Crippen LogP contribution < -0.4 is 0 Å². The topological polar surface area (TPSA) is 80.9 Å². The van der Waals surface area contributed by atoms with E-state index in [0.717, 1.165) is 22.3 Å². The van der Waals surface area contributed by atoms with E-state index in [-0.39, 0.29) is 44.0 Å². The van der Waals surface area contributed by atoms with Gasteiger partial charge in [0.25, 0.3) is 0 Å². The monoisotopic (exact) mass is 646 g/mol. The summed E-state index contributed by atoms with van der Waals surface area (Å²) in [6.45, 7) is 7.46. The molecule has 0 aromatic heterocycles. The van der Waals surface area contributed by atoms with Crippen molar-refractivity contribution in [3.63, 3.8) is 0 Å². The second kappa shape index (κ2) is 11.2. The van der Waals surface area contributed by atoms with E-state index in [4.69, 9.17) is 46.4 Å². The Labute approximate surface area is 266 Å². The molecule has 1 fully saturated rings. The molecule has 3 aromatic carbocycles. The molecular weight excluding hydrogens is 614 g/mol. The van der Waals surface area contributed by atoms with Gasteiger partial charge in [0.15, 0.2) is 0 Å². The fourth-order valence-electron chi connectivity index (χ4n) is 6.96. The molecule has 4 nitrogen and oxygen atoms in total. The van der Waals surface area contributed by atoms with Crippen LogP contribution in [0, 0.1) is 26.7 Å². The predicted octanol–water partition coefficient (Wildman–Crippen LogP) is 10.5. The molecule has 0 bridgehead atoms. The molecule has 1 saturated carbocycles. The molecule has 0 radical (unpaired) electrons. The number of phenols is 3. The molecule has 0 amide bonds. The van der Waals surface area contributed by atoms with Gasteiger partial charge in [0, 0.05) is 16.7 Å². The van der Waals surface area contributed by atoms with Crippen LogP contribution in [0.2, 0.25) is 15.1 Å². The number of phenolic OH excluding ortho intramolecular Hbond substituents is 3. The number of aliphatic hydroxyl groups is 1. The van der Waals surface area contributed by atoms with Gasteiger partial charge in [-0.1, -0.05) is 77.1 Å². The summed E-state index contributed by atoms with van der Waals surface area (Å²) in [5, 5.41) is 43.2. The highest BCUT2D eigenvalue weighted by molar-refractivity contribution is 6.33. The average molecular weight is 648 g/mol. The molecule has 3 aromatic rings. The van der Waals surface area contributed by atoms with Crippen LogP contribution in [0.5, 0.6) is 17.2 Å². The van der Waals surface area contributed by atoms with Crippen molar-refractivity contribution in [2.75, 3.05) is 0 Å². The van der Waals surface area contributed by atoms with Gasteiger partial charge in [-0.3, -0.25) is 0 Å². The maximum Gasteiger partial charge on any atom is 0.137 e. The smallest absolute Gasteiger partial charge is 0.137 e. The maximum absolute atomic E-state index is 10.6. The second-order valence-electron chi connectivity index (χ2n) is 12.0. The summed E-state index contributed by atoms with van der Waals surface area (Å²) in [4.78, 5) is 0. The van der Waals surface area contributed by atoms with Crippen LogP contribution in [0.1, 0.15) is 72.4 Å². The van der Waals surface area contributed by atoms with Gasteiger partial charge >= 0.3 is 0 Å². The SMILES string of the molecule is Cc1cc(C2(C3=CC(Cl)=C(O)C(C)C3)CCC(c3cc(C)c(O)c(Cl)c3)(c3cc(C)c(O)c(Cl)c3)CC2)cc(Cl)c1O. The zero-order valence-electron chi connectivity index (χ0n) is 24.0. The van der Waals surface area contributed by atoms with Crippen molar-refractivity contribution in [1.82, 2.24) is 0 Å². The first-order valence-corrected chi connectivity index (χ1v) is 15.5. The van der Waals surface area contributed by atoms with E-state index in [9.17, 15) is 20.4 Å². The number of aromatic hydroxyl groups is 3. The van der Waals surface area contributed by atoms with E-state index < -0.39 is 10.8 Å². The van der Waals surface area contributed by atoms with Crippen molar-refractivity contribution < 1.29 is 20.4 Å². The van der Waals surface area contributed by atoms with Crippen molar-refractivity contribution in [2.45, 2.75) is 70.6 Å². The molecule has 0 aliphatic heterocycles. The second-order valence-corrected chi connectivity index (χ2v) is 13.7. The Hall–Kier alpha value is -2.50. The summed E-state index contributed by atoms with van der Waals surface area (Å²) in [7, 11) is 0. The van der Waals surface area contributed by atoms with Crippen LogP contribution in [-0.4, -0.2) is 20.4 Å². The third kappa shape index (κ3) is 5.05. The minimum Gasteiger partial charge on any atom is -0.510 e. The molecule has 2 aliphatic rings. The predicted molar refractivity (Wildman–Crippen MR) is 172 cm³/mol. The standard InChI is InChI=1S/C34H34Cl4O4/c1-17-9-21(13-25(35)29(17)39)33(22-10-18(2)30(40)26(36)14-22)5-7-34(8-6-33,23-11-19(3)31(41)27(37)15-23)24-12-20(4)32(42)28(38)16-24/h9-11,13-16,20,39-42H,5-8,12H2,1-4H3. The Morgan fingerprint density at radius 1 is 0.595 bits per heavy atom. The molecule has 42 heavy (non-hydrogen) atoms. The van der Waals surface area contributed by atoms with E-state index in [1.807, 2.05) is 70.2 Å². The Morgan fingerprint density at radius 3 is 1.31 bits per heavy atom. The fourth-order valence-corrected chi connectivity index (χ4v) is 8.08. The average Bonchev–Trinajstić information content (AvgIpc) is 2.95. The van der Waals surface area contributed by atoms with Crippen LogP contribution >= 0.6 is 46.4 Å². The summed E-state index contributed by atoms with van der Waals surface area (Å²) >= 11 is 26.2. The normalized spacial score (nSPS) is 20.0. The highest BCUT2D eigenvalue weighted by Crippen LogP contribution is 2.58. The van der Waals surface area contributed by atoms with E-state index in [1.54, 1.807) is 0 Å². The van der Waals surface area contributed by atoms with E-state index >= 15 is 0 Å². The third-order valence-corrected chi connectivity index (χ3v) is 10.7. The fraction of sp³-hybridized carbons (Fsp3) is 0.353. The van der Waals surface area contributed by atoms with Gasteiger partial charge in [0.05, 0.1) is 20.1 Å². The lowest BCUT2D eigenvalue weighted by molar-refractivity contribution is 0.239. The van der Waals surface area contributed by atoms with Crippen molar-refractivity contribution in [3.05, 3.63) is 107 Å². The van der Waals surface area contributed by atoms with Gasteiger partial charge in [0.2, 0.25) is 0 Å². The zero-order chi connectivity index (χ0) is 30.7. The molecular formula is C34H34Cl4O4. The molecule has 222 valence electrons. The van der Waals surface area contributed by atoms with E-state index in [1.165, 1.54) is 0 Å². The number of halogens is 4. The highest BCUT2D eigenvalue weighted by atomic mass is 35.5. The van der Waals surface area contributed by atoms with Gasteiger partial charge in [-0.15, -0.1) is 0 Å². The van der Waals surface area contributed by atoms with Crippen molar-refractivity contribution in [2.24, 2.45) is 5.92 Å². The number of benzene rings is 3. The van der Waals surface area contributed by atoms with Gasteiger partial charge in [-0.2, -0.15) is 0 Å². The third-order valence-electron chi connectivity index (χ3n) is 9.53. The Kier molecular flexibility index (Phi) is 8.26. The first kappa shape index (κ1) is 30.9. The van der Waals surface area contributed by atoms with Gasteiger partial charge in [-0.05, 0) is 111 Å². The Balaban J connectivity index is 1.72. The van der Waals surface area contributed by atoms with Crippen molar-refractivity contribution >= 4 is 46.4 Å². The maximum atomic E-state index is 10.6. The van der Waals surface area contributed by atoms with Crippen molar-refractivity contribution in [1.29, 1.82) is 0 Å². The van der Waals surface area contributed by atoms with Crippen LogP contribution in [0.3, 0.4) is 0 Å². The molecule has 2 aliphatic carbocycles. The number of allylic oxidation sites excluding steroid dienone is 4. The number of aliphatic hydroxyl groups excluding tert-OH is 1. The number of hydrogen-bond donors (Lipinski definition) is 4. The summed E-state index contributed by atoms with van der Waals surface area (Å²) < 4.78 is 0. The number of hydrogen-bond acceptors (Lipinski definition) is 4. The quantitative estimate of drug-likeness (QED) is 0.227. The molecule has 0 spiro atoms. The van der Waals surface area contributed by atoms with Crippen LogP contribution in [0.15, 0.2) is 58.8 Å². The number of aryl methyl sites for hydroxylation is 3. The van der Waals surface area contributed by atoms with E-state index in [2.05, 4.69) is 0 Å². The van der Waals surface area contributed by atoms with Gasteiger partial charge in [0.1, 0.15) is 23.0 Å². The summed E-state index contributed by atoms with van der Waals surface area (Å²) in [5.41, 5.74) is 5.02. The lowest BCUT2D eigenvalue weighted by Crippen LogP contribution is -2.42. The van der Waals surface area contributed by atoms with Crippen LogP contribution in [0.25, 0.3) is 0 Å². The molecule has 5 rings (SSSR count). The molecule has 8 heteroatoms. The van der Waals surface area contributed by atoms with Gasteiger partial charge < -0.3 is 20.4 Å². The highest BCUT2D eigenvalue weighted by Gasteiger charge is 2.49. The van der Waals surface area contributed by atoms with Crippen LogP contribution in [0.4, 0.5) is 0 Å². The molecule has 0 saturated heterocycles. The van der Waals surface area contributed by atoms with Gasteiger partial charge in [-0.25, -0.2) is 0 Å². The minimum absolute atomic E-state index is 0.0532. The first-order chi connectivity index (χ1) is 19.7. The summed E-state index contributed by atoms with van der Waals surface area (Å²) in [6, 6.07) is 11.5. The molecule has 1 atom stereocenters. The van der Waals surface area contributed by atoms with E-state index in [0.29, 0.717) is 53.8 Å². The largest absolute Gasteiger partial charge is 0.510 e. The van der Waals surface area contributed by atoms with Crippen molar-refractivity contribution in [3.8, 4) is 17.2 Å². The Bertz CT molecular complexity index is 1520. The lowest BCUT2D eigenvalue weighted by Gasteiger charge is -2.50. The Morgan fingerprint density at radius 2 is 0.952 bits per heavy atom. The zero-order valence-corrected chi connectivity index (χ0v) is 27.0.